The van der Waals surface area contributed by atoms with Crippen LogP contribution in [0.2, 0.25) is 0 Å². The van der Waals surface area contributed by atoms with Crippen LogP contribution in [-0.2, 0) is 4.79 Å². The summed E-state index contributed by atoms with van der Waals surface area (Å²) in [6, 6.07) is 11.6. The van der Waals surface area contributed by atoms with Crippen LogP contribution in [0.25, 0.3) is 6.08 Å². The summed E-state index contributed by atoms with van der Waals surface area (Å²) in [5.74, 6) is 0.114. The van der Waals surface area contributed by atoms with Crippen molar-refractivity contribution in [3.8, 4) is 11.5 Å². The van der Waals surface area contributed by atoms with Gasteiger partial charge in [-0.2, -0.15) is 8.78 Å². The number of nitrogens with one attached hydrogen (secondary N) is 1. The summed E-state index contributed by atoms with van der Waals surface area (Å²) in [6.45, 7) is -0.633. The summed E-state index contributed by atoms with van der Waals surface area (Å²) in [4.78, 5) is 12.1. The van der Waals surface area contributed by atoms with Crippen molar-refractivity contribution in [2.45, 2.75) is 13.5 Å². The number of amides is 1. The van der Waals surface area contributed by atoms with E-state index >= 15 is 0 Å². The van der Waals surface area contributed by atoms with Crippen LogP contribution in [-0.4, -0.2) is 19.1 Å². The Hall–Kier alpha value is -2.41. The summed E-state index contributed by atoms with van der Waals surface area (Å²) in [5.41, 5.74) is 0.875. The van der Waals surface area contributed by atoms with E-state index in [9.17, 15) is 13.6 Å². The van der Waals surface area contributed by atoms with Gasteiger partial charge in [0.2, 0.25) is 5.91 Å². The van der Waals surface area contributed by atoms with E-state index in [1.165, 1.54) is 18.2 Å². The molecule has 0 heterocycles. The number of alkyl halides is 2. The second kappa shape index (κ2) is 9.17. The van der Waals surface area contributed by atoms with Gasteiger partial charge in [0.1, 0.15) is 11.5 Å². The summed E-state index contributed by atoms with van der Waals surface area (Å²) < 4.78 is 35.5. The number of anilines is 1. The lowest BCUT2D eigenvalue weighted by Crippen LogP contribution is -2.09. The quantitative estimate of drug-likeness (QED) is 0.644. The molecule has 0 aromatic heterocycles. The fourth-order valence-electron chi connectivity index (χ4n) is 2.04. The molecule has 0 aliphatic carbocycles. The highest BCUT2D eigenvalue weighted by Gasteiger charge is 2.09. The van der Waals surface area contributed by atoms with Gasteiger partial charge < -0.3 is 14.8 Å². The van der Waals surface area contributed by atoms with E-state index in [1.54, 1.807) is 36.4 Å². The number of ether oxygens (including phenoxy) is 2. The second-order valence-corrected chi connectivity index (χ2v) is 5.73. The molecular formula is C18H16BrF2NO3. The van der Waals surface area contributed by atoms with E-state index in [0.29, 0.717) is 28.1 Å². The number of carbonyl (C=O) groups is 1. The van der Waals surface area contributed by atoms with E-state index in [4.69, 9.17) is 4.74 Å². The lowest BCUT2D eigenvalue weighted by atomic mass is 10.2. The van der Waals surface area contributed by atoms with Crippen molar-refractivity contribution in [2.75, 3.05) is 11.9 Å². The first-order valence-electron chi connectivity index (χ1n) is 7.45. The van der Waals surface area contributed by atoms with Gasteiger partial charge in [-0.3, -0.25) is 4.79 Å². The smallest absolute Gasteiger partial charge is 0.387 e. The van der Waals surface area contributed by atoms with Crippen LogP contribution in [0.15, 0.2) is 53.0 Å². The van der Waals surface area contributed by atoms with Gasteiger partial charge in [0.05, 0.1) is 12.3 Å². The summed E-state index contributed by atoms with van der Waals surface area (Å²) >= 11 is 3.26. The van der Waals surface area contributed by atoms with Crippen molar-refractivity contribution in [3.63, 3.8) is 0 Å². The molecular weight excluding hydrogens is 396 g/mol. The molecule has 0 aliphatic rings. The van der Waals surface area contributed by atoms with Gasteiger partial charge in [0.25, 0.3) is 0 Å². The third kappa shape index (κ3) is 5.86. The van der Waals surface area contributed by atoms with Crippen molar-refractivity contribution in [3.05, 3.63) is 58.6 Å². The summed E-state index contributed by atoms with van der Waals surface area (Å²) in [6.07, 6.45) is 2.64. The van der Waals surface area contributed by atoms with Gasteiger partial charge in [0.15, 0.2) is 0 Å². The monoisotopic (exact) mass is 411 g/mol. The third-order valence-electron chi connectivity index (χ3n) is 3.05. The largest absolute Gasteiger partial charge is 0.492 e. The number of rotatable bonds is 7. The van der Waals surface area contributed by atoms with Gasteiger partial charge in [-0.25, -0.2) is 0 Å². The van der Waals surface area contributed by atoms with E-state index in [0.717, 1.165) is 0 Å². The molecule has 0 fully saturated rings. The minimum Gasteiger partial charge on any atom is -0.492 e. The Labute approximate surface area is 152 Å². The molecule has 0 spiro atoms. The Bertz CT molecular complexity index is 766. The minimum absolute atomic E-state index is 0.0167. The Morgan fingerprint density at radius 3 is 2.72 bits per heavy atom. The Kier molecular flexibility index (Phi) is 6.94. The van der Waals surface area contributed by atoms with Crippen molar-refractivity contribution in [1.82, 2.24) is 0 Å². The molecule has 0 saturated heterocycles. The van der Waals surface area contributed by atoms with Crippen LogP contribution in [0.5, 0.6) is 11.5 Å². The molecule has 0 unspecified atom stereocenters. The average molecular weight is 412 g/mol. The predicted molar refractivity (Wildman–Crippen MR) is 96.0 cm³/mol. The van der Waals surface area contributed by atoms with Crippen LogP contribution in [0.1, 0.15) is 12.5 Å². The molecule has 0 atom stereocenters. The topological polar surface area (TPSA) is 47.6 Å². The Balaban J connectivity index is 2.14. The molecule has 2 aromatic carbocycles. The van der Waals surface area contributed by atoms with Gasteiger partial charge in [-0.1, -0.05) is 28.1 Å². The van der Waals surface area contributed by atoms with Crippen molar-refractivity contribution >= 4 is 33.6 Å². The van der Waals surface area contributed by atoms with Crippen LogP contribution in [0, 0.1) is 0 Å². The summed E-state index contributed by atoms with van der Waals surface area (Å²) in [5, 5.41) is 2.69. The summed E-state index contributed by atoms with van der Waals surface area (Å²) in [7, 11) is 0. The standard InChI is InChI=1S/C18H16BrF2NO3/c1-2-24-16-6-4-3-5-14(16)22-17(23)10-7-12-11-13(19)8-9-15(12)25-18(20)21/h3-11,18H,2H2,1H3,(H,22,23)/b10-7+. The number of para-hydroxylation sites is 2. The van der Waals surface area contributed by atoms with Crippen molar-refractivity contribution < 1.29 is 23.0 Å². The van der Waals surface area contributed by atoms with Crippen LogP contribution < -0.4 is 14.8 Å². The molecule has 2 rings (SSSR count). The zero-order chi connectivity index (χ0) is 18.2. The number of hydrogen-bond acceptors (Lipinski definition) is 3. The fraction of sp³-hybridized carbons (Fsp3) is 0.167. The average Bonchev–Trinajstić information content (AvgIpc) is 2.57. The van der Waals surface area contributed by atoms with E-state index in [1.807, 2.05) is 6.92 Å². The molecule has 2 aromatic rings. The Morgan fingerprint density at radius 1 is 1.24 bits per heavy atom. The first kappa shape index (κ1) is 18.9. The van der Waals surface area contributed by atoms with Gasteiger partial charge in [0, 0.05) is 16.1 Å². The molecule has 0 radical (unpaired) electrons. The maximum atomic E-state index is 12.5. The zero-order valence-electron chi connectivity index (χ0n) is 13.3. The SMILES string of the molecule is CCOc1ccccc1NC(=O)/C=C/c1cc(Br)ccc1OC(F)F. The number of hydrogen-bond donors (Lipinski definition) is 1. The normalized spacial score (nSPS) is 10.9. The molecule has 1 N–H and O–H groups in total. The Morgan fingerprint density at radius 2 is 2.00 bits per heavy atom. The fourth-order valence-corrected chi connectivity index (χ4v) is 2.42. The first-order valence-corrected chi connectivity index (χ1v) is 8.24. The molecule has 25 heavy (non-hydrogen) atoms. The molecule has 0 saturated carbocycles. The maximum Gasteiger partial charge on any atom is 0.387 e. The van der Waals surface area contributed by atoms with Crippen LogP contribution in [0.3, 0.4) is 0 Å². The second-order valence-electron chi connectivity index (χ2n) is 4.81. The zero-order valence-corrected chi connectivity index (χ0v) is 14.9. The third-order valence-corrected chi connectivity index (χ3v) is 3.54. The lowest BCUT2D eigenvalue weighted by molar-refractivity contribution is -0.111. The lowest BCUT2D eigenvalue weighted by Gasteiger charge is -2.10. The number of benzene rings is 2. The maximum absolute atomic E-state index is 12.5. The van der Waals surface area contributed by atoms with E-state index < -0.39 is 12.5 Å². The predicted octanol–water partition coefficient (Wildman–Crippen LogP) is 5.10. The molecule has 0 bridgehead atoms. The minimum atomic E-state index is -2.94. The van der Waals surface area contributed by atoms with E-state index in [-0.39, 0.29) is 5.75 Å². The molecule has 132 valence electrons. The van der Waals surface area contributed by atoms with Crippen LogP contribution >= 0.6 is 15.9 Å². The van der Waals surface area contributed by atoms with Gasteiger partial charge >= 0.3 is 6.61 Å². The number of halogens is 3. The van der Waals surface area contributed by atoms with Gasteiger partial charge in [-0.05, 0) is 43.3 Å². The number of carbonyl (C=O) groups excluding carboxylic acids is 1. The van der Waals surface area contributed by atoms with Crippen molar-refractivity contribution in [2.24, 2.45) is 0 Å². The molecule has 1 amide bonds. The van der Waals surface area contributed by atoms with Crippen LogP contribution in [0.4, 0.5) is 14.5 Å². The van der Waals surface area contributed by atoms with E-state index in [2.05, 4.69) is 26.0 Å². The highest BCUT2D eigenvalue weighted by atomic mass is 79.9. The highest BCUT2D eigenvalue weighted by molar-refractivity contribution is 9.10. The van der Waals surface area contributed by atoms with Gasteiger partial charge in [-0.15, -0.1) is 0 Å². The molecule has 4 nitrogen and oxygen atoms in total. The first-order chi connectivity index (χ1) is 12.0. The highest BCUT2D eigenvalue weighted by Crippen LogP contribution is 2.27. The molecule has 7 heteroatoms. The molecule has 0 aliphatic heterocycles. The van der Waals surface area contributed by atoms with Crippen molar-refractivity contribution in [1.29, 1.82) is 0 Å².